The van der Waals surface area contributed by atoms with Gasteiger partial charge in [0.1, 0.15) is 11.4 Å². The number of benzene rings is 2. The first kappa shape index (κ1) is 22.4. The summed E-state index contributed by atoms with van der Waals surface area (Å²) < 4.78 is 35.0. The zero-order valence-electron chi connectivity index (χ0n) is 17.7. The van der Waals surface area contributed by atoms with E-state index in [1.807, 2.05) is 38.1 Å². The van der Waals surface area contributed by atoms with Crippen LogP contribution < -0.4 is 14.8 Å². The van der Waals surface area contributed by atoms with Crippen molar-refractivity contribution in [2.24, 2.45) is 0 Å². The number of anilines is 1. The van der Waals surface area contributed by atoms with Crippen LogP contribution in [0.3, 0.4) is 0 Å². The van der Waals surface area contributed by atoms with E-state index in [4.69, 9.17) is 4.74 Å². The zero-order chi connectivity index (χ0) is 22.8. The SMILES string of the molecule is CCC1(CC)C[C@H](NS(=O)(=O)c2nnc(NC(=O)c3ccccc3)s2)c2ccccc2O1. The first-order chi connectivity index (χ1) is 15.4. The molecular weight excluding hydrogens is 448 g/mol. The van der Waals surface area contributed by atoms with E-state index in [1.165, 1.54) is 0 Å². The Hall–Kier alpha value is -2.82. The lowest BCUT2D eigenvalue weighted by Crippen LogP contribution is -2.44. The van der Waals surface area contributed by atoms with Crippen LogP contribution in [0.1, 0.15) is 55.1 Å². The number of aromatic nitrogens is 2. The van der Waals surface area contributed by atoms with E-state index in [0.717, 1.165) is 29.7 Å². The molecule has 10 heteroatoms. The minimum Gasteiger partial charge on any atom is -0.487 e. The van der Waals surface area contributed by atoms with E-state index < -0.39 is 21.7 Å². The Kier molecular flexibility index (Phi) is 6.27. The minimum absolute atomic E-state index is 0.114. The Morgan fingerprint density at radius 1 is 1.09 bits per heavy atom. The van der Waals surface area contributed by atoms with Crippen molar-refractivity contribution in [1.29, 1.82) is 0 Å². The molecule has 4 rings (SSSR count). The van der Waals surface area contributed by atoms with Gasteiger partial charge in [0.2, 0.25) is 9.47 Å². The lowest BCUT2D eigenvalue weighted by molar-refractivity contribution is 0.0260. The number of sulfonamides is 1. The second-order valence-corrected chi connectivity index (χ2v) is 10.5. The van der Waals surface area contributed by atoms with E-state index >= 15 is 0 Å². The maximum absolute atomic E-state index is 13.1. The fourth-order valence-electron chi connectivity index (χ4n) is 3.77. The van der Waals surface area contributed by atoms with Gasteiger partial charge < -0.3 is 4.74 Å². The van der Waals surface area contributed by atoms with E-state index in [1.54, 1.807) is 30.3 Å². The van der Waals surface area contributed by atoms with Gasteiger partial charge in [-0.1, -0.05) is 61.6 Å². The zero-order valence-corrected chi connectivity index (χ0v) is 19.4. The molecule has 1 atom stereocenters. The summed E-state index contributed by atoms with van der Waals surface area (Å²) in [4.78, 5) is 12.3. The van der Waals surface area contributed by atoms with Gasteiger partial charge in [-0.15, -0.1) is 10.2 Å². The van der Waals surface area contributed by atoms with Crippen LogP contribution in [0.25, 0.3) is 0 Å². The minimum atomic E-state index is -3.96. The lowest BCUT2D eigenvalue weighted by Gasteiger charge is -2.41. The quantitative estimate of drug-likeness (QED) is 0.500. The molecule has 1 aliphatic rings. The molecule has 0 aliphatic carbocycles. The van der Waals surface area contributed by atoms with Crippen molar-refractivity contribution in [2.45, 2.75) is 49.1 Å². The van der Waals surface area contributed by atoms with Gasteiger partial charge in [0, 0.05) is 17.5 Å². The molecule has 2 aromatic carbocycles. The number of para-hydroxylation sites is 1. The highest BCUT2D eigenvalue weighted by Gasteiger charge is 2.40. The van der Waals surface area contributed by atoms with Crippen molar-refractivity contribution in [3.05, 3.63) is 65.7 Å². The summed E-state index contributed by atoms with van der Waals surface area (Å²) in [6.45, 7) is 4.07. The van der Waals surface area contributed by atoms with Crippen LogP contribution in [0, 0.1) is 0 Å². The molecule has 0 saturated heterocycles. The number of carbonyl (C=O) groups is 1. The van der Waals surface area contributed by atoms with Crippen LogP contribution in [0.4, 0.5) is 5.13 Å². The standard InChI is InChI=1S/C22H24N4O4S2/c1-3-22(4-2)14-17(16-12-8-9-13-18(16)30-22)26-32(28,29)21-25-24-20(31-21)23-19(27)15-10-6-5-7-11-15/h5-13,17,26H,3-4,14H2,1-2H3,(H,23,24,27)/t17-/m0/s1. The number of rotatable bonds is 7. The monoisotopic (exact) mass is 472 g/mol. The molecule has 0 bridgehead atoms. The summed E-state index contributed by atoms with van der Waals surface area (Å²) in [6.07, 6.45) is 2.02. The highest BCUT2D eigenvalue weighted by Crippen LogP contribution is 2.43. The molecular formula is C22H24N4O4S2. The summed E-state index contributed by atoms with van der Waals surface area (Å²) in [7, 11) is -3.96. The summed E-state index contributed by atoms with van der Waals surface area (Å²) in [5.41, 5.74) is 0.785. The van der Waals surface area contributed by atoms with Gasteiger partial charge in [-0.25, -0.2) is 13.1 Å². The topological polar surface area (TPSA) is 110 Å². The van der Waals surface area contributed by atoms with Crippen molar-refractivity contribution < 1.29 is 17.9 Å². The third kappa shape index (κ3) is 4.52. The molecule has 1 amide bonds. The third-order valence-electron chi connectivity index (χ3n) is 5.68. The van der Waals surface area contributed by atoms with Gasteiger partial charge >= 0.3 is 0 Å². The normalized spacial score (nSPS) is 17.2. The molecule has 2 heterocycles. The number of amides is 1. The molecule has 32 heavy (non-hydrogen) atoms. The van der Waals surface area contributed by atoms with Crippen LogP contribution in [0.2, 0.25) is 0 Å². The Labute approximate surface area is 191 Å². The largest absolute Gasteiger partial charge is 0.487 e. The maximum atomic E-state index is 13.1. The van der Waals surface area contributed by atoms with Crippen LogP contribution in [0.15, 0.2) is 58.9 Å². The number of hydrogen-bond donors (Lipinski definition) is 2. The fraction of sp³-hybridized carbons (Fsp3) is 0.318. The van der Waals surface area contributed by atoms with Gasteiger partial charge in [-0.3, -0.25) is 10.1 Å². The summed E-state index contributed by atoms with van der Waals surface area (Å²) in [6, 6.07) is 15.6. The van der Waals surface area contributed by atoms with E-state index in [9.17, 15) is 13.2 Å². The number of carbonyl (C=O) groups excluding carboxylic acids is 1. The van der Waals surface area contributed by atoms with Gasteiger partial charge in [0.05, 0.1) is 6.04 Å². The van der Waals surface area contributed by atoms with E-state index in [-0.39, 0.29) is 15.4 Å². The highest BCUT2D eigenvalue weighted by molar-refractivity contribution is 7.91. The predicted molar refractivity (Wildman–Crippen MR) is 122 cm³/mol. The number of fused-ring (bicyclic) bond motifs is 1. The molecule has 3 aromatic rings. The Bertz CT molecular complexity index is 1210. The van der Waals surface area contributed by atoms with E-state index in [0.29, 0.717) is 17.7 Å². The molecule has 168 valence electrons. The van der Waals surface area contributed by atoms with Crippen LogP contribution >= 0.6 is 11.3 Å². The Morgan fingerprint density at radius 2 is 1.78 bits per heavy atom. The predicted octanol–water partition coefficient (Wildman–Crippen LogP) is 4.15. The van der Waals surface area contributed by atoms with Crippen molar-refractivity contribution >= 4 is 32.4 Å². The average Bonchev–Trinajstić information content (AvgIpc) is 3.29. The molecule has 0 fully saturated rings. The number of ether oxygens (including phenoxy) is 1. The number of nitrogens with one attached hydrogen (secondary N) is 2. The van der Waals surface area contributed by atoms with Crippen molar-refractivity contribution in [3.8, 4) is 5.75 Å². The van der Waals surface area contributed by atoms with Crippen molar-refractivity contribution in [2.75, 3.05) is 5.32 Å². The summed E-state index contributed by atoms with van der Waals surface area (Å²) >= 11 is 0.808. The van der Waals surface area contributed by atoms with Gasteiger partial charge in [-0.2, -0.15) is 0 Å². The lowest BCUT2D eigenvalue weighted by atomic mass is 9.84. The molecule has 8 nitrogen and oxygen atoms in total. The fourth-order valence-corrected chi connectivity index (χ4v) is 5.90. The van der Waals surface area contributed by atoms with Crippen LogP contribution in [0.5, 0.6) is 5.75 Å². The second-order valence-electron chi connectivity index (χ2n) is 7.60. The first-order valence-electron chi connectivity index (χ1n) is 10.4. The Balaban J connectivity index is 1.55. The Morgan fingerprint density at radius 3 is 2.50 bits per heavy atom. The van der Waals surface area contributed by atoms with Crippen LogP contribution in [-0.4, -0.2) is 30.1 Å². The maximum Gasteiger partial charge on any atom is 0.270 e. The molecule has 1 aromatic heterocycles. The van der Waals surface area contributed by atoms with Crippen molar-refractivity contribution in [3.63, 3.8) is 0 Å². The molecule has 2 N–H and O–H groups in total. The van der Waals surface area contributed by atoms with Gasteiger partial charge in [0.25, 0.3) is 15.9 Å². The number of hydrogen-bond acceptors (Lipinski definition) is 7. The summed E-state index contributed by atoms with van der Waals surface area (Å²) in [5, 5.41) is 10.4. The third-order valence-corrected chi connectivity index (χ3v) is 8.35. The molecule has 0 radical (unpaired) electrons. The molecule has 0 saturated carbocycles. The first-order valence-corrected chi connectivity index (χ1v) is 12.7. The van der Waals surface area contributed by atoms with E-state index in [2.05, 4.69) is 20.2 Å². The van der Waals surface area contributed by atoms with Gasteiger partial charge in [-0.05, 0) is 31.0 Å². The molecule has 0 unspecified atom stereocenters. The highest BCUT2D eigenvalue weighted by atomic mass is 32.2. The smallest absolute Gasteiger partial charge is 0.270 e. The van der Waals surface area contributed by atoms with Gasteiger partial charge in [0.15, 0.2) is 0 Å². The number of nitrogens with zero attached hydrogens (tertiary/aromatic N) is 2. The van der Waals surface area contributed by atoms with Crippen LogP contribution in [-0.2, 0) is 10.0 Å². The molecule has 0 spiro atoms. The second kappa shape index (κ2) is 8.97. The average molecular weight is 473 g/mol. The van der Waals surface area contributed by atoms with Crippen molar-refractivity contribution in [1.82, 2.24) is 14.9 Å². The molecule has 1 aliphatic heterocycles. The summed E-state index contributed by atoms with van der Waals surface area (Å²) in [5.74, 6) is 0.302.